The molecule has 0 saturated carbocycles. The average molecular weight is 282 g/mol. The number of aliphatic hydroxyl groups is 1. The number of nitrogens with zero attached hydrogens (tertiary/aromatic N) is 2. The Morgan fingerprint density at radius 2 is 1.95 bits per heavy atom. The molecular weight excluding hydrogens is 272 g/mol. The SMILES string of the molecule is O=c1c2c3ccccc3c3ncsc3c2ccn1CO. The van der Waals surface area contributed by atoms with Crippen LogP contribution in [0.2, 0.25) is 0 Å². The topological polar surface area (TPSA) is 55.1 Å². The first-order valence-corrected chi connectivity index (χ1v) is 7.07. The molecule has 0 atom stereocenters. The summed E-state index contributed by atoms with van der Waals surface area (Å²) in [5, 5.41) is 12.7. The van der Waals surface area contributed by atoms with Gasteiger partial charge in [-0.05, 0) is 11.5 Å². The molecule has 0 unspecified atom stereocenters. The van der Waals surface area contributed by atoms with Crippen LogP contribution in [0.25, 0.3) is 31.8 Å². The third kappa shape index (κ3) is 1.39. The van der Waals surface area contributed by atoms with Gasteiger partial charge in [-0.3, -0.25) is 9.36 Å². The predicted molar refractivity (Wildman–Crippen MR) is 81.1 cm³/mol. The molecule has 1 N–H and O–H groups in total. The average Bonchev–Trinajstić information content (AvgIpc) is 2.97. The van der Waals surface area contributed by atoms with E-state index in [0.29, 0.717) is 5.39 Å². The largest absolute Gasteiger partial charge is 0.376 e. The van der Waals surface area contributed by atoms with Crippen molar-refractivity contribution in [3.63, 3.8) is 0 Å². The van der Waals surface area contributed by atoms with Crippen molar-refractivity contribution in [2.24, 2.45) is 0 Å². The molecule has 0 fully saturated rings. The Bertz CT molecular complexity index is 1020. The van der Waals surface area contributed by atoms with E-state index in [0.717, 1.165) is 26.4 Å². The van der Waals surface area contributed by atoms with Gasteiger partial charge in [0.15, 0.2) is 0 Å². The van der Waals surface area contributed by atoms with Crippen LogP contribution in [-0.2, 0) is 6.73 Å². The van der Waals surface area contributed by atoms with Crippen LogP contribution >= 0.6 is 11.3 Å². The summed E-state index contributed by atoms with van der Waals surface area (Å²) in [6.07, 6.45) is 1.62. The van der Waals surface area contributed by atoms with E-state index < -0.39 is 0 Å². The molecule has 98 valence electrons. The summed E-state index contributed by atoms with van der Waals surface area (Å²) in [4.78, 5) is 17.0. The van der Waals surface area contributed by atoms with Crippen LogP contribution in [0.3, 0.4) is 0 Å². The Hall–Kier alpha value is -2.24. The summed E-state index contributed by atoms with van der Waals surface area (Å²) in [5.74, 6) is 0. The fraction of sp³-hybridized carbons (Fsp3) is 0.0667. The Labute approximate surface area is 117 Å². The zero-order chi connectivity index (χ0) is 13.7. The van der Waals surface area contributed by atoms with Crippen molar-refractivity contribution in [3.05, 3.63) is 52.4 Å². The molecule has 4 aromatic rings. The maximum Gasteiger partial charge on any atom is 0.260 e. The number of aromatic nitrogens is 2. The van der Waals surface area contributed by atoms with E-state index >= 15 is 0 Å². The quantitative estimate of drug-likeness (QED) is 0.546. The van der Waals surface area contributed by atoms with Gasteiger partial charge >= 0.3 is 0 Å². The maximum absolute atomic E-state index is 12.5. The summed E-state index contributed by atoms with van der Waals surface area (Å²) in [7, 11) is 0. The molecule has 0 aliphatic rings. The molecule has 5 heteroatoms. The number of thiazole rings is 1. The molecule has 0 radical (unpaired) electrons. The van der Waals surface area contributed by atoms with Crippen LogP contribution in [0.1, 0.15) is 0 Å². The van der Waals surface area contributed by atoms with Crippen molar-refractivity contribution in [1.82, 2.24) is 9.55 Å². The van der Waals surface area contributed by atoms with Gasteiger partial charge in [0.05, 0.1) is 21.1 Å². The van der Waals surface area contributed by atoms with Gasteiger partial charge in [-0.1, -0.05) is 24.3 Å². The number of rotatable bonds is 1. The first-order chi connectivity index (χ1) is 9.81. The lowest BCUT2D eigenvalue weighted by molar-refractivity contribution is 0.207. The monoisotopic (exact) mass is 282 g/mol. The van der Waals surface area contributed by atoms with E-state index in [2.05, 4.69) is 4.98 Å². The van der Waals surface area contributed by atoms with Gasteiger partial charge in [-0.15, -0.1) is 11.3 Å². The molecule has 0 spiro atoms. The Balaban J connectivity index is 2.43. The lowest BCUT2D eigenvalue weighted by atomic mass is 10.0. The lowest BCUT2D eigenvalue weighted by Crippen LogP contribution is -2.19. The third-order valence-electron chi connectivity index (χ3n) is 3.58. The maximum atomic E-state index is 12.5. The molecule has 2 aromatic carbocycles. The number of hydrogen-bond acceptors (Lipinski definition) is 4. The summed E-state index contributed by atoms with van der Waals surface area (Å²) in [6, 6.07) is 9.64. The second-order valence-corrected chi connectivity index (χ2v) is 5.45. The first-order valence-electron chi connectivity index (χ1n) is 6.19. The molecule has 2 aromatic heterocycles. The van der Waals surface area contributed by atoms with Gasteiger partial charge in [0, 0.05) is 17.0 Å². The van der Waals surface area contributed by atoms with Gasteiger partial charge in [-0.25, -0.2) is 4.98 Å². The summed E-state index contributed by atoms with van der Waals surface area (Å²) >= 11 is 1.53. The number of pyridine rings is 1. The van der Waals surface area contributed by atoms with Crippen LogP contribution in [0, 0.1) is 0 Å². The van der Waals surface area contributed by atoms with Crippen LogP contribution in [0.5, 0.6) is 0 Å². The Kier molecular flexibility index (Phi) is 2.39. The fourth-order valence-corrected chi connectivity index (χ4v) is 3.51. The number of hydrogen-bond donors (Lipinski definition) is 1. The van der Waals surface area contributed by atoms with Crippen LogP contribution in [-0.4, -0.2) is 14.7 Å². The highest BCUT2D eigenvalue weighted by atomic mass is 32.1. The molecule has 0 amide bonds. The molecule has 0 aliphatic heterocycles. The van der Waals surface area contributed by atoms with E-state index in [4.69, 9.17) is 0 Å². The molecule has 4 rings (SSSR count). The van der Waals surface area contributed by atoms with Crippen LogP contribution in [0.4, 0.5) is 0 Å². The highest BCUT2D eigenvalue weighted by Crippen LogP contribution is 2.34. The van der Waals surface area contributed by atoms with E-state index in [1.807, 2.05) is 30.3 Å². The highest BCUT2D eigenvalue weighted by molar-refractivity contribution is 7.18. The number of benzene rings is 2. The zero-order valence-corrected chi connectivity index (χ0v) is 11.2. The lowest BCUT2D eigenvalue weighted by Gasteiger charge is -2.08. The van der Waals surface area contributed by atoms with Crippen LogP contribution < -0.4 is 5.56 Å². The summed E-state index contributed by atoms with van der Waals surface area (Å²) in [5.41, 5.74) is 2.56. The Morgan fingerprint density at radius 1 is 1.15 bits per heavy atom. The van der Waals surface area contributed by atoms with Crippen molar-refractivity contribution in [2.75, 3.05) is 0 Å². The van der Waals surface area contributed by atoms with Crippen LogP contribution in [0.15, 0.2) is 46.8 Å². The normalized spacial score (nSPS) is 11.7. The second kappa shape index (κ2) is 4.13. The summed E-state index contributed by atoms with van der Waals surface area (Å²) < 4.78 is 2.32. The minimum Gasteiger partial charge on any atom is -0.376 e. The molecule has 0 bridgehead atoms. The van der Waals surface area contributed by atoms with Crippen molar-refractivity contribution in [1.29, 1.82) is 0 Å². The Morgan fingerprint density at radius 3 is 2.75 bits per heavy atom. The minimum atomic E-state index is -0.316. The standard InChI is InChI=1S/C15H10N2O2S/c18-8-17-6-5-11-12(15(17)19)9-3-1-2-4-10(9)13-14(11)20-7-16-13/h1-7,18H,8H2. The van der Waals surface area contributed by atoms with Gasteiger partial charge in [-0.2, -0.15) is 0 Å². The third-order valence-corrected chi connectivity index (χ3v) is 4.44. The number of aliphatic hydroxyl groups excluding tert-OH is 1. The van der Waals surface area contributed by atoms with E-state index in [1.165, 1.54) is 15.9 Å². The molecule has 0 saturated heterocycles. The van der Waals surface area contributed by atoms with Crippen molar-refractivity contribution in [3.8, 4) is 0 Å². The van der Waals surface area contributed by atoms with Gasteiger partial charge in [0.25, 0.3) is 5.56 Å². The highest BCUT2D eigenvalue weighted by Gasteiger charge is 2.13. The first kappa shape index (κ1) is 11.6. The molecule has 0 aliphatic carbocycles. The predicted octanol–water partition coefficient (Wildman–Crippen LogP) is 2.71. The second-order valence-electron chi connectivity index (χ2n) is 4.60. The smallest absolute Gasteiger partial charge is 0.260 e. The molecular formula is C15H10N2O2S. The van der Waals surface area contributed by atoms with Crippen molar-refractivity contribution in [2.45, 2.75) is 6.73 Å². The number of fused-ring (bicyclic) bond motifs is 6. The van der Waals surface area contributed by atoms with E-state index in [-0.39, 0.29) is 12.3 Å². The minimum absolute atomic E-state index is 0.170. The van der Waals surface area contributed by atoms with E-state index in [1.54, 1.807) is 11.7 Å². The fourth-order valence-electron chi connectivity index (χ4n) is 2.67. The van der Waals surface area contributed by atoms with Crippen molar-refractivity contribution >= 4 is 43.1 Å². The molecule has 2 heterocycles. The molecule has 4 nitrogen and oxygen atoms in total. The molecule has 20 heavy (non-hydrogen) atoms. The van der Waals surface area contributed by atoms with Gasteiger partial charge in [0.1, 0.15) is 6.73 Å². The van der Waals surface area contributed by atoms with E-state index in [9.17, 15) is 9.90 Å². The van der Waals surface area contributed by atoms with Gasteiger partial charge in [0.2, 0.25) is 0 Å². The summed E-state index contributed by atoms with van der Waals surface area (Å²) in [6.45, 7) is -0.316. The van der Waals surface area contributed by atoms with Gasteiger partial charge < -0.3 is 5.11 Å². The van der Waals surface area contributed by atoms with Crippen molar-refractivity contribution < 1.29 is 5.11 Å². The zero-order valence-electron chi connectivity index (χ0n) is 10.4.